The average Bonchev–Trinajstić information content (AvgIpc) is 2.61. The molecule has 0 bridgehead atoms. The Balaban J connectivity index is 1.68. The van der Waals surface area contributed by atoms with Crippen LogP contribution >= 0.6 is 0 Å². The smallest absolute Gasteiger partial charge is 0.0273 e. The van der Waals surface area contributed by atoms with E-state index in [2.05, 4.69) is 58.5 Å². The number of hydrogen-bond acceptors (Lipinski definition) is 2. The largest absolute Gasteiger partial charge is 0.265 e. The van der Waals surface area contributed by atoms with Crippen LogP contribution in [0.2, 0.25) is 0 Å². The first-order chi connectivity index (χ1) is 10.9. The first kappa shape index (κ1) is 14.0. The summed E-state index contributed by atoms with van der Waals surface area (Å²) in [7, 11) is 0. The Kier molecular flexibility index (Phi) is 4.53. The molecule has 3 aromatic rings. The summed E-state index contributed by atoms with van der Waals surface area (Å²) in [5, 5.41) is 0. The van der Waals surface area contributed by atoms with Crippen LogP contribution in [-0.4, -0.2) is 9.97 Å². The third-order valence-corrected chi connectivity index (χ3v) is 3.29. The molecule has 0 atom stereocenters. The second-order valence-corrected chi connectivity index (χ2v) is 4.89. The van der Waals surface area contributed by atoms with Crippen molar-refractivity contribution in [1.82, 2.24) is 9.97 Å². The van der Waals surface area contributed by atoms with E-state index in [4.69, 9.17) is 0 Å². The van der Waals surface area contributed by atoms with Crippen LogP contribution in [0.25, 0.3) is 24.3 Å². The van der Waals surface area contributed by atoms with Gasteiger partial charge in [-0.15, -0.1) is 0 Å². The molecule has 0 aliphatic heterocycles. The van der Waals surface area contributed by atoms with Crippen molar-refractivity contribution >= 4 is 24.3 Å². The minimum Gasteiger partial charge on any atom is -0.265 e. The molecule has 0 spiro atoms. The Morgan fingerprint density at radius 3 is 1.00 bits per heavy atom. The molecule has 0 fully saturated rings. The van der Waals surface area contributed by atoms with Crippen molar-refractivity contribution < 1.29 is 0 Å². The third-order valence-electron chi connectivity index (χ3n) is 3.29. The number of benzene rings is 1. The van der Waals surface area contributed by atoms with Gasteiger partial charge in [0.15, 0.2) is 0 Å². The Bertz CT molecular complexity index is 689. The summed E-state index contributed by atoms with van der Waals surface area (Å²) in [4.78, 5) is 8.02. The van der Waals surface area contributed by atoms with Gasteiger partial charge >= 0.3 is 0 Å². The lowest BCUT2D eigenvalue weighted by Crippen LogP contribution is -1.76. The maximum Gasteiger partial charge on any atom is 0.0273 e. The van der Waals surface area contributed by atoms with Gasteiger partial charge in [-0.2, -0.15) is 0 Å². The van der Waals surface area contributed by atoms with Gasteiger partial charge in [-0.1, -0.05) is 48.6 Å². The fourth-order valence-corrected chi connectivity index (χ4v) is 2.05. The standard InChI is InChI=1S/C20H16N2/c1-2-18(6-8-20-11-15-22-16-12-20)4-3-17(1)5-7-19-9-13-21-14-10-19/h1-16H/b7-5-,8-6+. The number of pyridine rings is 2. The summed E-state index contributed by atoms with van der Waals surface area (Å²) in [6.45, 7) is 0. The van der Waals surface area contributed by atoms with Crippen molar-refractivity contribution in [3.8, 4) is 0 Å². The number of nitrogens with zero attached hydrogens (tertiary/aromatic N) is 2. The average molecular weight is 284 g/mol. The first-order valence-electron chi connectivity index (χ1n) is 7.16. The maximum absolute atomic E-state index is 4.01. The van der Waals surface area contributed by atoms with Gasteiger partial charge in [-0.25, -0.2) is 0 Å². The predicted octanol–water partition coefficient (Wildman–Crippen LogP) is 4.82. The van der Waals surface area contributed by atoms with E-state index in [9.17, 15) is 0 Å². The van der Waals surface area contributed by atoms with Crippen molar-refractivity contribution in [3.63, 3.8) is 0 Å². The van der Waals surface area contributed by atoms with Gasteiger partial charge in [0.25, 0.3) is 0 Å². The second kappa shape index (κ2) is 7.14. The zero-order valence-electron chi connectivity index (χ0n) is 12.1. The summed E-state index contributed by atoms with van der Waals surface area (Å²) in [6, 6.07) is 16.4. The van der Waals surface area contributed by atoms with Gasteiger partial charge in [0.2, 0.25) is 0 Å². The van der Waals surface area contributed by atoms with E-state index in [0.29, 0.717) is 0 Å². The molecule has 106 valence electrons. The lowest BCUT2D eigenvalue weighted by atomic mass is 10.1. The van der Waals surface area contributed by atoms with Crippen LogP contribution in [0.5, 0.6) is 0 Å². The fourth-order valence-electron chi connectivity index (χ4n) is 2.05. The van der Waals surface area contributed by atoms with Crippen LogP contribution in [0, 0.1) is 0 Å². The zero-order chi connectivity index (χ0) is 15.0. The molecule has 0 N–H and O–H groups in total. The number of aromatic nitrogens is 2. The van der Waals surface area contributed by atoms with Crippen molar-refractivity contribution in [1.29, 1.82) is 0 Å². The molecule has 2 nitrogen and oxygen atoms in total. The van der Waals surface area contributed by atoms with Crippen molar-refractivity contribution in [2.24, 2.45) is 0 Å². The topological polar surface area (TPSA) is 25.8 Å². The molecule has 0 radical (unpaired) electrons. The Morgan fingerprint density at radius 2 is 0.682 bits per heavy atom. The molecule has 2 heteroatoms. The summed E-state index contributed by atoms with van der Waals surface area (Å²) in [5.74, 6) is 0. The molecule has 2 heterocycles. The monoisotopic (exact) mass is 284 g/mol. The van der Waals surface area contributed by atoms with E-state index in [1.165, 1.54) is 11.1 Å². The molecule has 22 heavy (non-hydrogen) atoms. The van der Waals surface area contributed by atoms with Gasteiger partial charge in [0.05, 0.1) is 0 Å². The van der Waals surface area contributed by atoms with E-state index in [1.807, 2.05) is 24.3 Å². The molecule has 0 aliphatic rings. The SMILES string of the molecule is C(=C/c1ccc(/C=C/c2ccncc2)cc1)/c1ccncc1. The van der Waals surface area contributed by atoms with Gasteiger partial charge in [-0.05, 0) is 46.5 Å². The van der Waals surface area contributed by atoms with Crippen LogP contribution in [0.1, 0.15) is 22.3 Å². The summed E-state index contributed by atoms with van der Waals surface area (Å²) >= 11 is 0. The highest BCUT2D eigenvalue weighted by Gasteiger charge is 1.90. The van der Waals surface area contributed by atoms with E-state index in [-0.39, 0.29) is 0 Å². The highest BCUT2D eigenvalue weighted by Crippen LogP contribution is 2.12. The van der Waals surface area contributed by atoms with E-state index in [0.717, 1.165) is 11.1 Å². The van der Waals surface area contributed by atoms with Crippen molar-refractivity contribution in [2.75, 3.05) is 0 Å². The zero-order valence-corrected chi connectivity index (χ0v) is 12.1. The minimum atomic E-state index is 1.15. The summed E-state index contributed by atoms with van der Waals surface area (Å²) in [6.07, 6.45) is 15.6. The molecule has 0 aliphatic carbocycles. The molecule has 2 aromatic heterocycles. The van der Waals surface area contributed by atoms with E-state index < -0.39 is 0 Å². The fraction of sp³-hybridized carbons (Fsp3) is 0. The minimum absolute atomic E-state index is 1.15. The predicted molar refractivity (Wildman–Crippen MR) is 92.8 cm³/mol. The van der Waals surface area contributed by atoms with Crippen LogP contribution in [0.15, 0.2) is 73.3 Å². The first-order valence-corrected chi connectivity index (χ1v) is 7.16. The highest BCUT2D eigenvalue weighted by molar-refractivity contribution is 5.72. The molecule has 3 rings (SSSR count). The summed E-state index contributed by atoms with van der Waals surface area (Å²) in [5.41, 5.74) is 4.66. The molecule has 0 saturated heterocycles. The van der Waals surface area contributed by atoms with Crippen LogP contribution < -0.4 is 0 Å². The molecular formula is C20H16N2. The van der Waals surface area contributed by atoms with Crippen LogP contribution in [0.3, 0.4) is 0 Å². The molecular weight excluding hydrogens is 268 g/mol. The Morgan fingerprint density at radius 1 is 0.409 bits per heavy atom. The molecule has 1 aromatic carbocycles. The van der Waals surface area contributed by atoms with E-state index >= 15 is 0 Å². The van der Waals surface area contributed by atoms with Crippen LogP contribution in [-0.2, 0) is 0 Å². The van der Waals surface area contributed by atoms with Gasteiger partial charge < -0.3 is 0 Å². The molecule has 0 saturated carbocycles. The number of rotatable bonds is 4. The molecule has 0 unspecified atom stereocenters. The Labute approximate surface area is 130 Å². The van der Waals surface area contributed by atoms with Crippen molar-refractivity contribution in [2.45, 2.75) is 0 Å². The van der Waals surface area contributed by atoms with Crippen LogP contribution in [0.4, 0.5) is 0 Å². The van der Waals surface area contributed by atoms with Gasteiger partial charge in [0, 0.05) is 24.8 Å². The highest BCUT2D eigenvalue weighted by atomic mass is 14.6. The van der Waals surface area contributed by atoms with Crippen molar-refractivity contribution in [3.05, 3.63) is 95.6 Å². The third kappa shape index (κ3) is 4.00. The lowest BCUT2D eigenvalue weighted by Gasteiger charge is -1.97. The Hall–Kier alpha value is -3.00. The van der Waals surface area contributed by atoms with Gasteiger partial charge in [0.1, 0.15) is 0 Å². The van der Waals surface area contributed by atoms with E-state index in [1.54, 1.807) is 24.8 Å². The quantitative estimate of drug-likeness (QED) is 0.686. The molecule has 0 amide bonds. The summed E-state index contributed by atoms with van der Waals surface area (Å²) < 4.78 is 0. The van der Waals surface area contributed by atoms with Gasteiger partial charge in [-0.3, -0.25) is 9.97 Å². The normalized spacial score (nSPS) is 11.3. The lowest BCUT2D eigenvalue weighted by molar-refractivity contribution is 1.32. The maximum atomic E-state index is 4.01. The number of hydrogen-bond donors (Lipinski definition) is 0. The second-order valence-electron chi connectivity index (χ2n) is 4.89.